The van der Waals surface area contributed by atoms with E-state index in [4.69, 9.17) is 5.11 Å². The molecule has 1 saturated heterocycles. The Morgan fingerprint density at radius 1 is 1.75 bits per heavy atom. The minimum atomic E-state index is -1.01. The van der Waals surface area contributed by atoms with Gasteiger partial charge in [-0.15, -0.1) is 11.8 Å². The van der Waals surface area contributed by atoms with Crippen molar-refractivity contribution in [1.82, 2.24) is 4.90 Å². The van der Waals surface area contributed by atoms with Crippen LogP contribution in [0.5, 0.6) is 0 Å². The summed E-state index contributed by atoms with van der Waals surface area (Å²) in [4.78, 5) is 23.0. The molecule has 0 aromatic heterocycles. The van der Waals surface area contributed by atoms with Crippen LogP contribution in [0.25, 0.3) is 0 Å². The van der Waals surface area contributed by atoms with Crippen LogP contribution in [0.4, 0.5) is 0 Å². The molecule has 2 rings (SSSR count). The van der Waals surface area contributed by atoms with Crippen molar-refractivity contribution >= 4 is 23.6 Å². The number of fused-ring (bicyclic) bond motifs is 1. The molecule has 1 atom stereocenters. The minimum Gasteiger partial charge on any atom is -0.477 e. The molecule has 2 aliphatic heterocycles. The second kappa shape index (κ2) is 2.52. The molecular weight excluding hydrogens is 178 g/mol. The highest BCUT2D eigenvalue weighted by atomic mass is 32.2. The van der Waals surface area contributed by atoms with Gasteiger partial charge in [-0.1, -0.05) is 0 Å². The Balaban J connectivity index is 2.26. The molecule has 0 radical (unpaired) electrons. The summed E-state index contributed by atoms with van der Waals surface area (Å²) < 4.78 is 0. The van der Waals surface area contributed by atoms with Crippen molar-refractivity contribution < 1.29 is 14.7 Å². The van der Waals surface area contributed by atoms with Crippen LogP contribution in [-0.2, 0) is 9.59 Å². The summed E-state index contributed by atoms with van der Waals surface area (Å²) in [6.45, 7) is 0. The third-order valence-electron chi connectivity index (χ3n) is 1.95. The van der Waals surface area contributed by atoms with Crippen LogP contribution in [0, 0.1) is 0 Å². The highest BCUT2D eigenvalue weighted by Crippen LogP contribution is 2.36. The van der Waals surface area contributed by atoms with Crippen LogP contribution >= 0.6 is 11.8 Å². The largest absolute Gasteiger partial charge is 0.477 e. The van der Waals surface area contributed by atoms with E-state index in [-0.39, 0.29) is 17.0 Å². The van der Waals surface area contributed by atoms with Crippen LogP contribution in [0.3, 0.4) is 0 Å². The summed E-state index contributed by atoms with van der Waals surface area (Å²) in [5.41, 5.74) is 0.148. The summed E-state index contributed by atoms with van der Waals surface area (Å²) in [5, 5.41) is 8.78. The van der Waals surface area contributed by atoms with Gasteiger partial charge in [-0.05, 0) is 6.08 Å². The van der Waals surface area contributed by atoms with Gasteiger partial charge in [-0.2, -0.15) is 0 Å². The molecule has 1 fully saturated rings. The average molecular weight is 185 g/mol. The van der Waals surface area contributed by atoms with Gasteiger partial charge < -0.3 is 5.11 Å². The van der Waals surface area contributed by atoms with E-state index in [9.17, 15) is 9.59 Å². The molecule has 12 heavy (non-hydrogen) atoms. The number of β-lactam (4-membered cyclic amide) rings is 1. The fraction of sp³-hybridized carbons (Fsp3) is 0.429. The molecular formula is C7H7NO3S. The van der Waals surface area contributed by atoms with Gasteiger partial charge in [0.05, 0.1) is 11.8 Å². The van der Waals surface area contributed by atoms with Crippen molar-refractivity contribution in [3.8, 4) is 0 Å². The third-order valence-corrected chi connectivity index (χ3v) is 3.07. The zero-order valence-electron chi connectivity index (χ0n) is 6.19. The minimum absolute atomic E-state index is 0.0774. The lowest BCUT2D eigenvalue weighted by atomic mass is 10.1. The molecule has 2 heterocycles. The van der Waals surface area contributed by atoms with Crippen molar-refractivity contribution in [2.75, 3.05) is 5.75 Å². The summed E-state index contributed by atoms with van der Waals surface area (Å²) in [5.74, 6) is -0.398. The van der Waals surface area contributed by atoms with Crippen LogP contribution in [-0.4, -0.2) is 33.0 Å². The Morgan fingerprint density at radius 2 is 2.50 bits per heavy atom. The Hall–Kier alpha value is -0.970. The Kier molecular flexibility index (Phi) is 1.61. The fourth-order valence-electron chi connectivity index (χ4n) is 1.34. The maximum Gasteiger partial charge on any atom is 0.352 e. The monoisotopic (exact) mass is 185 g/mol. The molecule has 0 aliphatic carbocycles. The first-order chi connectivity index (χ1) is 5.70. The Morgan fingerprint density at radius 3 is 3.00 bits per heavy atom. The van der Waals surface area contributed by atoms with Gasteiger partial charge in [0.2, 0.25) is 5.91 Å². The summed E-state index contributed by atoms with van der Waals surface area (Å²) in [6, 6.07) is 0. The van der Waals surface area contributed by atoms with Crippen LogP contribution in [0.1, 0.15) is 6.42 Å². The molecule has 0 spiro atoms. The van der Waals surface area contributed by atoms with E-state index < -0.39 is 5.97 Å². The second-order valence-electron chi connectivity index (χ2n) is 2.65. The van der Waals surface area contributed by atoms with Crippen molar-refractivity contribution in [3.05, 3.63) is 11.8 Å². The highest BCUT2D eigenvalue weighted by molar-refractivity contribution is 8.00. The summed E-state index contributed by atoms with van der Waals surface area (Å²) >= 11 is 1.60. The summed E-state index contributed by atoms with van der Waals surface area (Å²) in [7, 11) is 0. The average Bonchev–Trinajstić information content (AvgIpc) is 2.01. The van der Waals surface area contributed by atoms with Crippen molar-refractivity contribution in [1.29, 1.82) is 0 Å². The van der Waals surface area contributed by atoms with Gasteiger partial charge in [0.25, 0.3) is 0 Å². The smallest absolute Gasteiger partial charge is 0.352 e. The number of carboxylic acids is 1. The number of nitrogens with zero attached hydrogens (tertiary/aromatic N) is 1. The van der Waals surface area contributed by atoms with E-state index in [0.29, 0.717) is 12.2 Å². The third kappa shape index (κ3) is 0.929. The Bertz CT molecular complexity index is 286. The van der Waals surface area contributed by atoms with Gasteiger partial charge in [-0.25, -0.2) is 4.79 Å². The number of aliphatic carboxylic acids is 1. The van der Waals surface area contributed by atoms with E-state index in [1.54, 1.807) is 17.8 Å². The number of amides is 1. The lowest BCUT2D eigenvalue weighted by Crippen LogP contribution is -2.52. The summed E-state index contributed by atoms with van der Waals surface area (Å²) in [6.07, 6.45) is 2.07. The van der Waals surface area contributed by atoms with Gasteiger partial charge in [0.1, 0.15) is 5.70 Å². The van der Waals surface area contributed by atoms with Crippen molar-refractivity contribution in [2.45, 2.75) is 11.8 Å². The van der Waals surface area contributed by atoms with E-state index in [0.717, 1.165) is 0 Å². The number of hydrogen-bond donors (Lipinski definition) is 1. The zero-order chi connectivity index (χ0) is 8.72. The van der Waals surface area contributed by atoms with E-state index >= 15 is 0 Å². The quantitative estimate of drug-likeness (QED) is 0.595. The van der Waals surface area contributed by atoms with E-state index in [1.807, 2.05) is 0 Å². The predicted octanol–water partition coefficient (Wildman–Crippen LogP) is 0.260. The first-order valence-corrected chi connectivity index (χ1v) is 4.62. The molecule has 2 aliphatic rings. The number of carboxylic acid groups (broad SMARTS) is 1. The SMILES string of the molecule is O=C(O)C1=CCS[C@@H]2CC(=O)N12. The van der Waals surface area contributed by atoms with Crippen molar-refractivity contribution in [2.24, 2.45) is 0 Å². The molecule has 0 unspecified atom stereocenters. The first kappa shape index (κ1) is 7.67. The standard InChI is InChI=1S/C7H7NO3S/c9-5-3-6-8(5)4(7(10)11)1-2-12-6/h1,6H,2-3H2,(H,10,11)/t6-/m1/s1. The van der Waals surface area contributed by atoms with Gasteiger partial charge in [0, 0.05) is 5.75 Å². The predicted molar refractivity (Wildman–Crippen MR) is 43.4 cm³/mol. The topological polar surface area (TPSA) is 57.6 Å². The zero-order valence-corrected chi connectivity index (χ0v) is 7.00. The first-order valence-electron chi connectivity index (χ1n) is 3.57. The molecule has 4 nitrogen and oxygen atoms in total. The maximum atomic E-state index is 11.0. The molecule has 0 saturated carbocycles. The maximum absolute atomic E-state index is 11.0. The van der Waals surface area contributed by atoms with Gasteiger partial charge >= 0.3 is 5.97 Å². The van der Waals surface area contributed by atoms with Gasteiger partial charge in [0.15, 0.2) is 0 Å². The normalized spacial score (nSPS) is 27.3. The lowest BCUT2D eigenvalue weighted by molar-refractivity contribution is -0.146. The van der Waals surface area contributed by atoms with E-state index in [2.05, 4.69) is 0 Å². The molecule has 0 aromatic carbocycles. The van der Waals surface area contributed by atoms with Gasteiger partial charge in [-0.3, -0.25) is 9.69 Å². The number of carbonyl (C=O) groups is 2. The highest BCUT2D eigenvalue weighted by Gasteiger charge is 2.42. The fourth-order valence-corrected chi connectivity index (χ4v) is 2.45. The molecule has 1 N–H and O–H groups in total. The number of rotatable bonds is 1. The number of thioether (sulfide) groups is 1. The van der Waals surface area contributed by atoms with Crippen LogP contribution in [0.15, 0.2) is 11.8 Å². The Labute approximate surface area is 73.2 Å². The number of carbonyl (C=O) groups excluding carboxylic acids is 1. The molecule has 0 aromatic rings. The van der Waals surface area contributed by atoms with Crippen molar-refractivity contribution in [3.63, 3.8) is 0 Å². The number of hydrogen-bond acceptors (Lipinski definition) is 3. The van der Waals surface area contributed by atoms with E-state index in [1.165, 1.54) is 4.90 Å². The molecule has 1 amide bonds. The van der Waals surface area contributed by atoms with Crippen LogP contribution < -0.4 is 0 Å². The van der Waals surface area contributed by atoms with Crippen LogP contribution in [0.2, 0.25) is 0 Å². The molecule has 64 valence electrons. The lowest BCUT2D eigenvalue weighted by Gasteiger charge is -2.42. The second-order valence-corrected chi connectivity index (χ2v) is 3.86. The molecule has 5 heteroatoms. The molecule has 0 bridgehead atoms.